The normalized spacial score (nSPS) is 10.3. The maximum Gasteiger partial charge on any atom is 0.246 e. The average molecular weight is 307 g/mol. The van der Waals surface area contributed by atoms with E-state index in [2.05, 4.69) is 4.98 Å². The molecular weight excluding hydrogens is 290 g/mol. The van der Waals surface area contributed by atoms with Crippen molar-refractivity contribution in [3.63, 3.8) is 0 Å². The van der Waals surface area contributed by atoms with Crippen LogP contribution in [0.2, 0.25) is 0 Å². The summed E-state index contributed by atoms with van der Waals surface area (Å²) in [4.78, 5) is 17.7. The zero-order chi connectivity index (χ0) is 16.5. The number of hydrogen-bond donors (Lipinski definition) is 0. The minimum absolute atomic E-state index is 0.0206. The molecular formula is C18H17N3O2. The lowest BCUT2D eigenvalue weighted by Crippen LogP contribution is -2.24. The van der Waals surface area contributed by atoms with Crippen LogP contribution in [-0.2, 0) is 11.3 Å². The topological polar surface area (TPSA) is 66.2 Å². The Morgan fingerprint density at radius 2 is 2.13 bits per heavy atom. The Balaban J connectivity index is 1.91. The Hall–Kier alpha value is -3.13. The van der Waals surface area contributed by atoms with Crippen LogP contribution in [-0.4, -0.2) is 29.4 Å². The van der Waals surface area contributed by atoms with E-state index in [4.69, 9.17) is 10.00 Å². The van der Waals surface area contributed by atoms with Crippen molar-refractivity contribution in [1.82, 2.24) is 9.88 Å². The third-order valence-corrected chi connectivity index (χ3v) is 3.12. The summed E-state index contributed by atoms with van der Waals surface area (Å²) in [6.07, 6.45) is 6.72. The van der Waals surface area contributed by atoms with Crippen molar-refractivity contribution in [3.05, 3.63) is 66.0 Å². The maximum absolute atomic E-state index is 12.1. The van der Waals surface area contributed by atoms with Gasteiger partial charge in [-0.25, -0.2) is 0 Å². The molecule has 116 valence electrons. The second-order valence-electron chi connectivity index (χ2n) is 4.90. The van der Waals surface area contributed by atoms with Gasteiger partial charge >= 0.3 is 0 Å². The molecule has 0 saturated heterocycles. The van der Waals surface area contributed by atoms with E-state index in [1.165, 1.54) is 6.08 Å². The van der Waals surface area contributed by atoms with E-state index in [1.54, 1.807) is 42.6 Å². The number of aromatic nitrogens is 1. The summed E-state index contributed by atoms with van der Waals surface area (Å²) in [6.45, 7) is 0.533. The third-order valence-electron chi connectivity index (χ3n) is 3.12. The van der Waals surface area contributed by atoms with Gasteiger partial charge in [0.1, 0.15) is 11.8 Å². The molecule has 0 saturated carbocycles. The van der Waals surface area contributed by atoms with Crippen molar-refractivity contribution < 1.29 is 9.53 Å². The predicted octanol–water partition coefficient (Wildman–Crippen LogP) is 2.66. The number of nitriles is 1. The molecule has 0 fully saturated rings. The third kappa shape index (κ3) is 5.29. The maximum atomic E-state index is 12.1. The molecule has 0 aliphatic rings. The smallest absolute Gasteiger partial charge is 0.246 e. The summed E-state index contributed by atoms with van der Waals surface area (Å²) in [6, 6.07) is 12.9. The van der Waals surface area contributed by atoms with Crippen LogP contribution in [0.3, 0.4) is 0 Å². The number of carbonyl (C=O) groups is 1. The summed E-state index contributed by atoms with van der Waals surface area (Å²) in [5.74, 6) is 0.544. The lowest BCUT2D eigenvalue weighted by molar-refractivity contribution is -0.125. The summed E-state index contributed by atoms with van der Waals surface area (Å²) < 4.78 is 5.17. The van der Waals surface area contributed by atoms with E-state index in [0.717, 1.165) is 11.1 Å². The van der Waals surface area contributed by atoms with Crippen molar-refractivity contribution >= 4 is 12.0 Å². The summed E-state index contributed by atoms with van der Waals surface area (Å²) in [7, 11) is 1.75. The van der Waals surface area contributed by atoms with Crippen LogP contribution in [0, 0.1) is 11.3 Å². The van der Waals surface area contributed by atoms with Crippen LogP contribution in [0.5, 0.6) is 5.75 Å². The van der Waals surface area contributed by atoms with Gasteiger partial charge in [-0.15, -0.1) is 0 Å². The highest BCUT2D eigenvalue weighted by Crippen LogP contribution is 2.13. The van der Waals surface area contributed by atoms with Crippen molar-refractivity contribution in [1.29, 1.82) is 5.26 Å². The van der Waals surface area contributed by atoms with Crippen LogP contribution in [0.25, 0.3) is 6.08 Å². The van der Waals surface area contributed by atoms with Crippen molar-refractivity contribution in [2.75, 3.05) is 13.7 Å². The van der Waals surface area contributed by atoms with Crippen molar-refractivity contribution in [2.24, 2.45) is 0 Å². The van der Waals surface area contributed by atoms with Gasteiger partial charge in [-0.05, 0) is 35.4 Å². The van der Waals surface area contributed by atoms with E-state index < -0.39 is 0 Å². The lowest BCUT2D eigenvalue weighted by Gasteiger charge is -2.14. The number of amides is 1. The number of likely N-dealkylation sites (N-methyl/N-ethyl adjacent to an activating group) is 1. The Kier molecular flexibility index (Phi) is 5.89. The predicted molar refractivity (Wildman–Crippen MR) is 87.3 cm³/mol. The number of carbonyl (C=O) groups excluding carboxylic acids is 1. The van der Waals surface area contributed by atoms with Gasteiger partial charge in [0, 0.05) is 32.1 Å². The molecule has 0 aliphatic heterocycles. The second-order valence-corrected chi connectivity index (χ2v) is 4.90. The second kappa shape index (κ2) is 8.35. The molecule has 1 aromatic carbocycles. The Labute approximate surface area is 135 Å². The molecule has 0 radical (unpaired) electrons. The number of pyridine rings is 1. The molecule has 0 bridgehead atoms. The van der Waals surface area contributed by atoms with Gasteiger partial charge in [0.25, 0.3) is 0 Å². The first-order valence-corrected chi connectivity index (χ1v) is 7.11. The molecule has 0 unspecified atom stereocenters. The van der Waals surface area contributed by atoms with Gasteiger partial charge in [-0.1, -0.05) is 18.2 Å². The quantitative estimate of drug-likeness (QED) is 0.770. The lowest BCUT2D eigenvalue weighted by atomic mass is 10.2. The number of ether oxygens (including phenoxy) is 1. The van der Waals surface area contributed by atoms with Gasteiger partial charge in [0.15, 0.2) is 6.61 Å². The van der Waals surface area contributed by atoms with Crippen molar-refractivity contribution in [2.45, 2.75) is 6.54 Å². The fourth-order valence-corrected chi connectivity index (χ4v) is 1.93. The fourth-order valence-electron chi connectivity index (χ4n) is 1.93. The molecule has 5 heteroatoms. The molecule has 0 atom stereocenters. The Bertz CT molecular complexity index is 703. The van der Waals surface area contributed by atoms with Crippen LogP contribution >= 0.6 is 0 Å². The Morgan fingerprint density at radius 1 is 1.35 bits per heavy atom. The van der Waals surface area contributed by atoms with Gasteiger partial charge in [0.05, 0.1) is 0 Å². The molecule has 0 aliphatic carbocycles. The standard InChI is InChI=1S/C18H17N3O2/c1-21(14-16-3-2-11-20-13-16)18(22)9-6-15-4-7-17(8-5-15)23-12-10-19/h2-9,11,13H,12,14H2,1H3/b9-6+. The first kappa shape index (κ1) is 16.2. The van der Waals surface area contributed by atoms with E-state index in [-0.39, 0.29) is 12.5 Å². The molecule has 5 nitrogen and oxygen atoms in total. The fraction of sp³-hybridized carbons (Fsp3) is 0.167. The zero-order valence-corrected chi connectivity index (χ0v) is 12.8. The number of hydrogen-bond acceptors (Lipinski definition) is 4. The van der Waals surface area contributed by atoms with Crippen molar-refractivity contribution in [3.8, 4) is 11.8 Å². The minimum atomic E-state index is -0.0846. The van der Waals surface area contributed by atoms with E-state index >= 15 is 0 Å². The van der Waals surface area contributed by atoms with E-state index in [1.807, 2.05) is 30.3 Å². The number of nitrogens with zero attached hydrogens (tertiary/aromatic N) is 3. The highest BCUT2D eigenvalue weighted by atomic mass is 16.5. The number of rotatable bonds is 6. The summed E-state index contributed by atoms with van der Waals surface area (Å²) in [5, 5.41) is 8.45. The molecule has 1 heterocycles. The molecule has 2 rings (SSSR count). The average Bonchev–Trinajstić information content (AvgIpc) is 2.59. The molecule has 0 spiro atoms. The van der Waals surface area contributed by atoms with E-state index in [0.29, 0.717) is 12.3 Å². The molecule has 23 heavy (non-hydrogen) atoms. The SMILES string of the molecule is CN(Cc1cccnc1)C(=O)/C=C/c1ccc(OCC#N)cc1. The van der Waals surface area contributed by atoms with Crippen LogP contribution < -0.4 is 4.74 Å². The van der Waals surface area contributed by atoms with Crippen LogP contribution in [0.1, 0.15) is 11.1 Å². The first-order chi connectivity index (χ1) is 11.2. The highest BCUT2D eigenvalue weighted by molar-refractivity contribution is 5.91. The van der Waals surface area contributed by atoms with Gasteiger partial charge in [-0.2, -0.15) is 5.26 Å². The summed E-state index contributed by atoms with van der Waals surface area (Å²) in [5.41, 5.74) is 1.87. The largest absolute Gasteiger partial charge is 0.479 e. The van der Waals surface area contributed by atoms with Crippen LogP contribution in [0.4, 0.5) is 0 Å². The zero-order valence-electron chi connectivity index (χ0n) is 12.8. The monoisotopic (exact) mass is 307 g/mol. The van der Waals surface area contributed by atoms with E-state index in [9.17, 15) is 4.79 Å². The summed E-state index contributed by atoms with van der Waals surface area (Å²) >= 11 is 0. The van der Waals surface area contributed by atoms with Crippen LogP contribution in [0.15, 0.2) is 54.9 Å². The first-order valence-electron chi connectivity index (χ1n) is 7.11. The molecule has 1 aromatic heterocycles. The minimum Gasteiger partial charge on any atom is -0.479 e. The number of benzene rings is 1. The van der Waals surface area contributed by atoms with Gasteiger partial charge < -0.3 is 9.64 Å². The molecule has 0 N–H and O–H groups in total. The molecule has 2 aromatic rings. The highest BCUT2D eigenvalue weighted by Gasteiger charge is 2.05. The van der Waals surface area contributed by atoms with Gasteiger partial charge in [-0.3, -0.25) is 9.78 Å². The Morgan fingerprint density at radius 3 is 2.78 bits per heavy atom. The van der Waals surface area contributed by atoms with Gasteiger partial charge in [0.2, 0.25) is 5.91 Å². The molecule has 1 amide bonds.